The second kappa shape index (κ2) is 6.16. The lowest BCUT2D eigenvalue weighted by atomic mass is 10.2. The molecule has 0 saturated carbocycles. The van der Waals surface area contributed by atoms with Gasteiger partial charge in [0.05, 0.1) is 5.56 Å². The number of ether oxygens (including phenoxy) is 1. The minimum atomic E-state index is -1.15. The van der Waals surface area contributed by atoms with E-state index in [0.29, 0.717) is 12.0 Å². The molecular formula is C11H14O4. The first-order valence-corrected chi connectivity index (χ1v) is 4.79. The Morgan fingerprint density at radius 2 is 2.00 bits per heavy atom. The summed E-state index contributed by atoms with van der Waals surface area (Å²) < 4.78 is 4.74. The lowest BCUT2D eigenvalue weighted by molar-refractivity contribution is -0.0706. The lowest BCUT2D eigenvalue weighted by Gasteiger charge is -2.10. The van der Waals surface area contributed by atoms with Crippen molar-refractivity contribution < 1.29 is 19.7 Å². The average Bonchev–Trinajstić information content (AvgIpc) is 2.27. The highest BCUT2D eigenvalue weighted by Crippen LogP contribution is 2.05. The molecule has 0 aliphatic carbocycles. The topological polar surface area (TPSA) is 66.8 Å². The van der Waals surface area contributed by atoms with Crippen LogP contribution in [-0.4, -0.2) is 29.1 Å². The first-order valence-electron chi connectivity index (χ1n) is 4.79. The van der Waals surface area contributed by atoms with Crippen LogP contribution < -0.4 is 0 Å². The monoisotopic (exact) mass is 210 g/mol. The summed E-state index contributed by atoms with van der Waals surface area (Å²) in [4.78, 5) is 11.4. The molecule has 1 aromatic carbocycles. The second-order valence-electron chi connectivity index (χ2n) is 3.09. The summed E-state index contributed by atoms with van der Waals surface area (Å²) in [7, 11) is 0. The normalized spacial score (nSPS) is 12.1. The summed E-state index contributed by atoms with van der Waals surface area (Å²) >= 11 is 0. The van der Waals surface area contributed by atoms with Gasteiger partial charge in [0.25, 0.3) is 0 Å². The number of carbonyl (C=O) groups is 1. The van der Waals surface area contributed by atoms with Crippen molar-refractivity contribution in [3.8, 4) is 0 Å². The van der Waals surface area contributed by atoms with E-state index in [-0.39, 0.29) is 13.0 Å². The molecule has 82 valence electrons. The molecule has 0 fully saturated rings. The van der Waals surface area contributed by atoms with Crippen LogP contribution in [0.25, 0.3) is 0 Å². The van der Waals surface area contributed by atoms with Crippen molar-refractivity contribution in [2.45, 2.75) is 19.1 Å². The zero-order valence-corrected chi connectivity index (χ0v) is 8.30. The van der Waals surface area contributed by atoms with Gasteiger partial charge in [-0.25, -0.2) is 4.79 Å². The van der Waals surface area contributed by atoms with E-state index in [2.05, 4.69) is 0 Å². The average molecular weight is 210 g/mol. The summed E-state index contributed by atoms with van der Waals surface area (Å²) in [6.07, 6.45) is -0.497. The van der Waals surface area contributed by atoms with Crippen LogP contribution in [0.3, 0.4) is 0 Å². The molecule has 0 aliphatic heterocycles. The smallest absolute Gasteiger partial charge is 0.340 e. The predicted molar refractivity (Wildman–Crippen MR) is 54.2 cm³/mol. The number of carbonyl (C=O) groups excluding carboxylic acids is 1. The van der Waals surface area contributed by atoms with E-state index in [1.165, 1.54) is 0 Å². The number of hydrogen-bond donors (Lipinski definition) is 2. The molecule has 1 atom stereocenters. The van der Waals surface area contributed by atoms with E-state index < -0.39 is 12.3 Å². The number of hydrogen-bond acceptors (Lipinski definition) is 4. The van der Waals surface area contributed by atoms with Gasteiger partial charge in [0, 0.05) is 13.0 Å². The molecule has 0 radical (unpaired) electrons. The third-order valence-corrected chi connectivity index (χ3v) is 1.86. The molecule has 0 heterocycles. The maximum Gasteiger partial charge on any atom is 0.340 e. The SMILES string of the molecule is O=C(OC(O)CCCO)c1ccccc1. The molecule has 1 aromatic rings. The highest BCUT2D eigenvalue weighted by molar-refractivity contribution is 5.89. The Morgan fingerprint density at radius 1 is 1.33 bits per heavy atom. The fourth-order valence-corrected chi connectivity index (χ4v) is 1.09. The molecule has 0 saturated heterocycles. The van der Waals surface area contributed by atoms with Crippen LogP contribution in [0, 0.1) is 0 Å². The van der Waals surface area contributed by atoms with E-state index >= 15 is 0 Å². The molecule has 1 unspecified atom stereocenters. The second-order valence-corrected chi connectivity index (χ2v) is 3.09. The zero-order valence-electron chi connectivity index (χ0n) is 8.30. The first kappa shape index (κ1) is 11.7. The maximum atomic E-state index is 11.4. The van der Waals surface area contributed by atoms with Gasteiger partial charge in [0.15, 0.2) is 0 Å². The van der Waals surface area contributed by atoms with Crippen LogP contribution in [0.2, 0.25) is 0 Å². The number of esters is 1. The predicted octanol–water partition coefficient (Wildman–Crippen LogP) is 0.934. The van der Waals surface area contributed by atoms with Crippen molar-refractivity contribution in [1.82, 2.24) is 0 Å². The van der Waals surface area contributed by atoms with Gasteiger partial charge in [-0.15, -0.1) is 0 Å². The Balaban J connectivity index is 2.42. The molecule has 0 amide bonds. The Morgan fingerprint density at radius 3 is 2.60 bits per heavy atom. The molecular weight excluding hydrogens is 196 g/mol. The van der Waals surface area contributed by atoms with Crippen molar-refractivity contribution in [2.75, 3.05) is 6.61 Å². The molecule has 1 rings (SSSR count). The van der Waals surface area contributed by atoms with Gasteiger partial charge in [-0.1, -0.05) is 18.2 Å². The van der Waals surface area contributed by atoms with Crippen molar-refractivity contribution in [1.29, 1.82) is 0 Å². The molecule has 4 nitrogen and oxygen atoms in total. The van der Waals surface area contributed by atoms with E-state index in [0.717, 1.165) is 0 Å². The van der Waals surface area contributed by atoms with Gasteiger partial charge in [-0.2, -0.15) is 0 Å². The Bertz CT molecular complexity index is 297. The fourth-order valence-electron chi connectivity index (χ4n) is 1.09. The lowest BCUT2D eigenvalue weighted by Crippen LogP contribution is -2.18. The van der Waals surface area contributed by atoms with Crippen LogP contribution >= 0.6 is 0 Å². The molecule has 2 N–H and O–H groups in total. The summed E-state index contributed by atoms with van der Waals surface area (Å²) in [5.74, 6) is -0.555. The van der Waals surface area contributed by atoms with Gasteiger partial charge in [-0.3, -0.25) is 0 Å². The van der Waals surface area contributed by atoms with Crippen LogP contribution in [0.5, 0.6) is 0 Å². The Labute approximate surface area is 88.1 Å². The molecule has 0 aliphatic rings. The van der Waals surface area contributed by atoms with Crippen molar-refractivity contribution in [3.05, 3.63) is 35.9 Å². The van der Waals surface area contributed by atoms with Crippen molar-refractivity contribution in [2.24, 2.45) is 0 Å². The molecule has 4 heteroatoms. The standard InChI is InChI=1S/C11H14O4/c12-8-4-7-10(13)15-11(14)9-5-2-1-3-6-9/h1-3,5-6,10,12-13H,4,7-8H2. The van der Waals surface area contributed by atoms with Crippen LogP contribution in [-0.2, 0) is 4.74 Å². The fraction of sp³-hybridized carbons (Fsp3) is 0.364. The first-order chi connectivity index (χ1) is 7.24. The van der Waals surface area contributed by atoms with Gasteiger partial charge in [-0.05, 0) is 18.6 Å². The van der Waals surface area contributed by atoms with Crippen LogP contribution in [0.4, 0.5) is 0 Å². The number of aliphatic hydroxyl groups is 2. The van der Waals surface area contributed by atoms with Gasteiger partial charge < -0.3 is 14.9 Å². The minimum absolute atomic E-state index is 0.0278. The van der Waals surface area contributed by atoms with E-state index in [1.54, 1.807) is 30.3 Å². The number of rotatable bonds is 5. The van der Waals surface area contributed by atoms with Gasteiger partial charge in [0.2, 0.25) is 6.29 Å². The Kier molecular flexibility index (Phi) is 4.80. The molecule has 0 aromatic heterocycles. The summed E-state index contributed by atoms with van der Waals surface area (Å²) in [5, 5.41) is 17.8. The Hall–Kier alpha value is -1.39. The summed E-state index contributed by atoms with van der Waals surface area (Å²) in [6.45, 7) is -0.0278. The highest BCUT2D eigenvalue weighted by atomic mass is 16.6. The number of benzene rings is 1. The summed E-state index contributed by atoms with van der Waals surface area (Å²) in [6, 6.07) is 8.45. The zero-order chi connectivity index (χ0) is 11.1. The van der Waals surface area contributed by atoms with E-state index in [1.807, 2.05) is 0 Å². The third-order valence-electron chi connectivity index (χ3n) is 1.86. The largest absolute Gasteiger partial charge is 0.432 e. The van der Waals surface area contributed by atoms with E-state index in [4.69, 9.17) is 9.84 Å². The van der Waals surface area contributed by atoms with Crippen LogP contribution in [0.15, 0.2) is 30.3 Å². The molecule has 0 spiro atoms. The minimum Gasteiger partial charge on any atom is -0.432 e. The third kappa shape index (κ3) is 4.10. The number of aliphatic hydroxyl groups excluding tert-OH is 2. The molecule has 15 heavy (non-hydrogen) atoms. The highest BCUT2D eigenvalue weighted by Gasteiger charge is 2.11. The maximum absolute atomic E-state index is 11.4. The van der Waals surface area contributed by atoms with E-state index in [9.17, 15) is 9.90 Å². The molecule has 0 bridgehead atoms. The van der Waals surface area contributed by atoms with Crippen LogP contribution in [0.1, 0.15) is 23.2 Å². The quantitative estimate of drug-likeness (QED) is 0.560. The summed E-state index contributed by atoms with van der Waals surface area (Å²) in [5.41, 5.74) is 0.403. The van der Waals surface area contributed by atoms with Gasteiger partial charge in [0.1, 0.15) is 0 Å². The van der Waals surface area contributed by atoms with Crippen molar-refractivity contribution in [3.63, 3.8) is 0 Å². The van der Waals surface area contributed by atoms with Gasteiger partial charge >= 0.3 is 5.97 Å². The van der Waals surface area contributed by atoms with Crippen molar-refractivity contribution >= 4 is 5.97 Å².